The van der Waals surface area contributed by atoms with Crippen molar-refractivity contribution in [2.24, 2.45) is 11.7 Å². The molecule has 2 nitrogen and oxygen atoms in total. The average Bonchev–Trinajstić information content (AvgIpc) is 2.47. The zero-order valence-electron chi connectivity index (χ0n) is 12.2. The van der Waals surface area contributed by atoms with Gasteiger partial charge in [-0.15, -0.1) is 0 Å². The molecular weight excluding hydrogens is 232 g/mol. The quantitative estimate of drug-likeness (QED) is 0.851. The van der Waals surface area contributed by atoms with Gasteiger partial charge in [0, 0.05) is 19.1 Å². The third-order valence-electron chi connectivity index (χ3n) is 4.40. The first-order valence-electron chi connectivity index (χ1n) is 7.74. The number of hydrogen-bond donors (Lipinski definition) is 1. The Kier molecular flexibility index (Phi) is 5.87. The lowest BCUT2D eigenvalue weighted by molar-refractivity contribution is 0.234. The van der Waals surface area contributed by atoms with Crippen molar-refractivity contribution in [3.63, 3.8) is 0 Å². The van der Waals surface area contributed by atoms with Crippen molar-refractivity contribution in [2.75, 3.05) is 20.1 Å². The van der Waals surface area contributed by atoms with E-state index in [1.54, 1.807) is 0 Å². The molecule has 1 unspecified atom stereocenters. The summed E-state index contributed by atoms with van der Waals surface area (Å²) in [6.45, 7) is 2.14. The van der Waals surface area contributed by atoms with Crippen LogP contribution in [0.2, 0.25) is 0 Å². The van der Waals surface area contributed by atoms with Gasteiger partial charge in [0.05, 0.1) is 0 Å². The molecule has 1 aliphatic carbocycles. The van der Waals surface area contributed by atoms with E-state index in [0.29, 0.717) is 6.04 Å². The number of likely N-dealkylation sites (N-methyl/N-ethyl adjacent to an activating group) is 1. The molecule has 0 amide bonds. The Morgan fingerprint density at radius 2 is 1.84 bits per heavy atom. The minimum absolute atomic E-state index is 0.362. The maximum absolute atomic E-state index is 6.38. The topological polar surface area (TPSA) is 29.3 Å². The van der Waals surface area contributed by atoms with E-state index >= 15 is 0 Å². The SMILES string of the molecule is CN(CCc1ccccc1)CC(N)C1CCCCC1. The molecule has 1 fully saturated rings. The molecule has 1 aliphatic rings. The number of rotatable bonds is 6. The summed E-state index contributed by atoms with van der Waals surface area (Å²) in [5.74, 6) is 0.757. The summed E-state index contributed by atoms with van der Waals surface area (Å²) >= 11 is 0. The van der Waals surface area contributed by atoms with E-state index in [-0.39, 0.29) is 0 Å². The lowest BCUT2D eigenvalue weighted by Gasteiger charge is -2.30. The van der Waals surface area contributed by atoms with Crippen LogP contribution < -0.4 is 5.73 Å². The highest BCUT2D eigenvalue weighted by Gasteiger charge is 2.21. The number of nitrogens with two attached hydrogens (primary N) is 1. The van der Waals surface area contributed by atoms with Crippen molar-refractivity contribution in [3.05, 3.63) is 35.9 Å². The van der Waals surface area contributed by atoms with E-state index in [0.717, 1.165) is 25.4 Å². The number of hydrogen-bond acceptors (Lipinski definition) is 2. The van der Waals surface area contributed by atoms with Crippen LogP contribution in [0.15, 0.2) is 30.3 Å². The zero-order valence-corrected chi connectivity index (χ0v) is 12.2. The highest BCUT2D eigenvalue weighted by atomic mass is 15.1. The Hall–Kier alpha value is -0.860. The molecule has 2 N–H and O–H groups in total. The normalized spacial score (nSPS) is 18.7. The molecule has 2 rings (SSSR count). The van der Waals surface area contributed by atoms with Crippen LogP contribution in [0.5, 0.6) is 0 Å². The lowest BCUT2D eigenvalue weighted by Crippen LogP contribution is -2.42. The first-order chi connectivity index (χ1) is 9.25. The largest absolute Gasteiger partial charge is 0.326 e. The minimum Gasteiger partial charge on any atom is -0.326 e. The molecular formula is C17H28N2. The third kappa shape index (κ3) is 4.96. The standard InChI is InChI=1S/C17H28N2/c1-19(13-12-15-8-4-2-5-9-15)14-17(18)16-10-6-3-7-11-16/h2,4-5,8-9,16-17H,3,6-7,10-14,18H2,1H3. The summed E-state index contributed by atoms with van der Waals surface area (Å²) in [6, 6.07) is 11.1. The molecule has 1 atom stereocenters. The Balaban J connectivity index is 1.70. The lowest BCUT2D eigenvalue weighted by atomic mass is 9.84. The van der Waals surface area contributed by atoms with Crippen LogP contribution in [0.4, 0.5) is 0 Å². The second kappa shape index (κ2) is 7.66. The monoisotopic (exact) mass is 260 g/mol. The first-order valence-corrected chi connectivity index (χ1v) is 7.74. The van der Waals surface area contributed by atoms with Gasteiger partial charge in [0.1, 0.15) is 0 Å². The molecule has 106 valence electrons. The van der Waals surface area contributed by atoms with E-state index in [1.807, 2.05) is 0 Å². The second-order valence-electron chi connectivity index (χ2n) is 6.06. The minimum atomic E-state index is 0.362. The van der Waals surface area contributed by atoms with Crippen molar-refractivity contribution in [2.45, 2.75) is 44.6 Å². The highest BCUT2D eigenvalue weighted by Crippen LogP contribution is 2.25. The van der Waals surface area contributed by atoms with Gasteiger partial charge in [0.15, 0.2) is 0 Å². The fourth-order valence-electron chi connectivity index (χ4n) is 3.13. The summed E-state index contributed by atoms with van der Waals surface area (Å²) in [5.41, 5.74) is 7.79. The molecule has 0 saturated heterocycles. The summed E-state index contributed by atoms with van der Waals surface area (Å²) in [6.07, 6.45) is 7.97. The molecule has 1 saturated carbocycles. The molecule has 0 spiro atoms. The van der Waals surface area contributed by atoms with Gasteiger partial charge in [0.2, 0.25) is 0 Å². The molecule has 0 aromatic heterocycles. The van der Waals surface area contributed by atoms with Crippen molar-refractivity contribution in [1.82, 2.24) is 4.90 Å². The second-order valence-corrected chi connectivity index (χ2v) is 6.06. The fourth-order valence-corrected chi connectivity index (χ4v) is 3.13. The van der Waals surface area contributed by atoms with Crippen LogP contribution in [-0.2, 0) is 6.42 Å². The molecule has 1 aromatic carbocycles. The van der Waals surface area contributed by atoms with Gasteiger partial charge in [-0.25, -0.2) is 0 Å². The summed E-state index contributed by atoms with van der Waals surface area (Å²) in [4.78, 5) is 2.40. The predicted octanol–water partition coefficient (Wildman–Crippen LogP) is 3.07. The third-order valence-corrected chi connectivity index (χ3v) is 4.40. The van der Waals surface area contributed by atoms with Crippen LogP contribution in [0.1, 0.15) is 37.7 Å². The number of benzene rings is 1. The maximum atomic E-state index is 6.38. The van der Waals surface area contributed by atoms with Gasteiger partial charge >= 0.3 is 0 Å². The van der Waals surface area contributed by atoms with Gasteiger partial charge in [-0.2, -0.15) is 0 Å². The Morgan fingerprint density at radius 3 is 2.53 bits per heavy atom. The molecule has 0 aliphatic heterocycles. The molecule has 1 aromatic rings. The molecule has 0 heterocycles. The molecule has 2 heteroatoms. The highest BCUT2D eigenvalue weighted by molar-refractivity contribution is 5.14. The van der Waals surface area contributed by atoms with Crippen molar-refractivity contribution >= 4 is 0 Å². The van der Waals surface area contributed by atoms with E-state index in [2.05, 4.69) is 42.3 Å². The Labute approximate surface area is 118 Å². The van der Waals surface area contributed by atoms with Gasteiger partial charge in [-0.05, 0) is 37.8 Å². The van der Waals surface area contributed by atoms with Gasteiger partial charge in [0.25, 0.3) is 0 Å². The van der Waals surface area contributed by atoms with Crippen molar-refractivity contribution in [3.8, 4) is 0 Å². The van der Waals surface area contributed by atoms with Crippen LogP contribution in [0, 0.1) is 5.92 Å². The first kappa shape index (κ1) is 14.5. The van der Waals surface area contributed by atoms with Crippen molar-refractivity contribution in [1.29, 1.82) is 0 Å². The Bertz CT molecular complexity index is 344. The smallest absolute Gasteiger partial charge is 0.0196 e. The maximum Gasteiger partial charge on any atom is 0.0196 e. The van der Waals surface area contributed by atoms with E-state index in [4.69, 9.17) is 5.73 Å². The van der Waals surface area contributed by atoms with Crippen molar-refractivity contribution < 1.29 is 0 Å². The van der Waals surface area contributed by atoms with Gasteiger partial charge < -0.3 is 10.6 Å². The molecule has 0 radical (unpaired) electrons. The number of nitrogens with zero attached hydrogens (tertiary/aromatic N) is 1. The summed E-state index contributed by atoms with van der Waals surface area (Å²) in [7, 11) is 2.20. The van der Waals surface area contributed by atoms with E-state index in [1.165, 1.54) is 37.7 Å². The predicted molar refractivity (Wildman–Crippen MR) is 82.2 cm³/mol. The molecule has 19 heavy (non-hydrogen) atoms. The average molecular weight is 260 g/mol. The fraction of sp³-hybridized carbons (Fsp3) is 0.647. The van der Waals surface area contributed by atoms with Crippen LogP contribution in [-0.4, -0.2) is 31.1 Å². The summed E-state index contributed by atoms with van der Waals surface area (Å²) < 4.78 is 0. The van der Waals surface area contributed by atoms with Crippen LogP contribution >= 0.6 is 0 Å². The molecule has 0 bridgehead atoms. The van der Waals surface area contributed by atoms with E-state index in [9.17, 15) is 0 Å². The Morgan fingerprint density at radius 1 is 1.16 bits per heavy atom. The van der Waals surface area contributed by atoms with E-state index < -0.39 is 0 Å². The summed E-state index contributed by atoms with van der Waals surface area (Å²) in [5, 5.41) is 0. The van der Waals surface area contributed by atoms with Crippen LogP contribution in [0.25, 0.3) is 0 Å². The van der Waals surface area contributed by atoms with Gasteiger partial charge in [-0.1, -0.05) is 49.6 Å². The zero-order chi connectivity index (χ0) is 13.5. The van der Waals surface area contributed by atoms with Gasteiger partial charge in [-0.3, -0.25) is 0 Å². The van der Waals surface area contributed by atoms with Crippen LogP contribution in [0.3, 0.4) is 0 Å².